The van der Waals surface area contributed by atoms with Crippen LogP contribution in [0.2, 0.25) is 0 Å². The second-order valence-electron chi connectivity index (χ2n) is 10.3. The van der Waals surface area contributed by atoms with Gasteiger partial charge in [0.15, 0.2) is 12.4 Å². The van der Waals surface area contributed by atoms with Gasteiger partial charge in [0.1, 0.15) is 5.60 Å². The van der Waals surface area contributed by atoms with Crippen LogP contribution in [0.25, 0.3) is 0 Å². The molecule has 7 atom stereocenters. The predicted molar refractivity (Wildman–Crippen MR) is 106 cm³/mol. The number of fused-ring (bicyclic) bond motifs is 5. The predicted octanol–water partition coefficient (Wildman–Crippen LogP) is 1.47. The minimum Gasteiger partial charge on any atom is -0.458 e. The molecule has 30 heavy (non-hydrogen) atoms. The first kappa shape index (κ1) is 21.7. The van der Waals surface area contributed by atoms with Gasteiger partial charge in [0.2, 0.25) is 5.78 Å². The minimum atomic E-state index is -1.87. The Balaban J connectivity index is 1.72. The zero-order valence-electron chi connectivity index (χ0n) is 17.9. The summed E-state index contributed by atoms with van der Waals surface area (Å²) in [7, 11) is 0. The molecule has 166 valence electrons. The maximum atomic E-state index is 12.9. The number of esters is 1. The van der Waals surface area contributed by atoms with E-state index in [1.165, 1.54) is 6.92 Å². The maximum Gasteiger partial charge on any atom is 0.303 e. The number of hydrogen-bond acceptors (Lipinski definition) is 7. The van der Waals surface area contributed by atoms with Crippen molar-refractivity contribution < 1.29 is 34.4 Å². The number of aliphatic hydroxyl groups is 3. The Morgan fingerprint density at radius 2 is 1.87 bits per heavy atom. The molecule has 4 rings (SSSR count). The fourth-order valence-electron chi connectivity index (χ4n) is 7.38. The largest absolute Gasteiger partial charge is 0.458 e. The van der Waals surface area contributed by atoms with Gasteiger partial charge in [-0.2, -0.15) is 0 Å². The van der Waals surface area contributed by atoms with E-state index < -0.39 is 41.1 Å². The number of carbonyl (C=O) groups excluding carboxylic acids is 3. The molecule has 0 aromatic heterocycles. The highest BCUT2D eigenvalue weighted by molar-refractivity contribution is 5.92. The lowest BCUT2D eigenvalue weighted by Gasteiger charge is -2.63. The lowest BCUT2D eigenvalue weighted by molar-refractivity contribution is -0.243. The van der Waals surface area contributed by atoms with Gasteiger partial charge in [0.05, 0.1) is 11.7 Å². The van der Waals surface area contributed by atoms with Gasteiger partial charge in [-0.3, -0.25) is 14.4 Å². The van der Waals surface area contributed by atoms with Crippen LogP contribution in [0.1, 0.15) is 65.7 Å². The molecule has 0 saturated heterocycles. The Bertz CT molecular complexity index is 833. The summed E-state index contributed by atoms with van der Waals surface area (Å²) >= 11 is 0. The molecule has 3 saturated carbocycles. The van der Waals surface area contributed by atoms with Gasteiger partial charge in [-0.1, -0.05) is 19.4 Å². The Morgan fingerprint density at radius 3 is 2.53 bits per heavy atom. The highest BCUT2D eigenvalue weighted by atomic mass is 16.5. The standard InChI is InChI=1S/C23H32O7/c1-13(24)30-12-18(27)23(29)9-8-22(28)16-5-4-14-10-15(25)6-7-20(14,2)19(16)17(26)11-21(22,23)3/h10,16-17,19,26,28-29H,4-9,11-12H2,1-3H3. The Morgan fingerprint density at radius 1 is 1.17 bits per heavy atom. The summed E-state index contributed by atoms with van der Waals surface area (Å²) in [6.07, 6.45) is 3.59. The number of Topliss-reactive ketones (excluding diaryl/α,β-unsaturated/α-hetero) is 1. The molecule has 7 heteroatoms. The van der Waals surface area contributed by atoms with E-state index in [2.05, 4.69) is 6.92 Å². The SMILES string of the molecule is CC(=O)OCC(=O)C1(O)CCC2(O)C3CCC4=CC(=O)CCC4(C)C3C(O)CC12C. The third-order valence-electron chi connectivity index (χ3n) is 9.10. The minimum absolute atomic E-state index is 0.0634. The summed E-state index contributed by atoms with van der Waals surface area (Å²) < 4.78 is 4.84. The van der Waals surface area contributed by atoms with E-state index in [4.69, 9.17) is 4.74 Å². The summed E-state index contributed by atoms with van der Waals surface area (Å²) in [5, 5.41) is 34.8. The molecule has 3 fully saturated rings. The first-order valence-corrected chi connectivity index (χ1v) is 10.9. The average molecular weight is 421 g/mol. The summed E-state index contributed by atoms with van der Waals surface area (Å²) in [6.45, 7) is 4.41. The third kappa shape index (κ3) is 2.64. The molecule has 3 N–H and O–H groups in total. The smallest absolute Gasteiger partial charge is 0.303 e. The first-order valence-electron chi connectivity index (χ1n) is 10.9. The molecule has 4 aliphatic rings. The van der Waals surface area contributed by atoms with Crippen molar-refractivity contribution >= 4 is 17.5 Å². The average Bonchev–Trinajstić information content (AvgIpc) is 2.88. The topological polar surface area (TPSA) is 121 Å². The summed E-state index contributed by atoms with van der Waals surface area (Å²) in [5.41, 5.74) is -3.78. The second-order valence-corrected chi connectivity index (χ2v) is 10.3. The van der Waals surface area contributed by atoms with Crippen LogP contribution in [-0.2, 0) is 19.1 Å². The van der Waals surface area contributed by atoms with Crippen molar-refractivity contribution in [2.75, 3.05) is 6.61 Å². The number of ketones is 2. The van der Waals surface area contributed by atoms with Crippen LogP contribution in [0.15, 0.2) is 11.6 Å². The maximum absolute atomic E-state index is 12.9. The first-order chi connectivity index (χ1) is 13.9. The Hall–Kier alpha value is -1.57. The summed E-state index contributed by atoms with van der Waals surface area (Å²) in [6, 6.07) is 0. The molecule has 0 aromatic carbocycles. The lowest BCUT2D eigenvalue weighted by Crippen LogP contribution is -2.69. The van der Waals surface area contributed by atoms with E-state index in [-0.39, 0.29) is 42.3 Å². The van der Waals surface area contributed by atoms with Gasteiger partial charge >= 0.3 is 5.97 Å². The third-order valence-corrected chi connectivity index (χ3v) is 9.10. The van der Waals surface area contributed by atoms with Crippen LogP contribution in [0.4, 0.5) is 0 Å². The number of rotatable bonds is 3. The van der Waals surface area contributed by atoms with E-state index in [1.807, 2.05) is 0 Å². The van der Waals surface area contributed by atoms with E-state index in [9.17, 15) is 29.7 Å². The number of carbonyl (C=O) groups is 3. The quantitative estimate of drug-likeness (QED) is 0.591. The van der Waals surface area contributed by atoms with Gasteiger partial charge in [0, 0.05) is 18.8 Å². The lowest BCUT2D eigenvalue weighted by atomic mass is 9.44. The molecule has 0 heterocycles. The van der Waals surface area contributed by atoms with E-state index >= 15 is 0 Å². The molecule has 0 aromatic rings. The summed E-state index contributed by atoms with van der Waals surface area (Å²) in [5.74, 6) is -1.67. The highest BCUT2D eigenvalue weighted by Crippen LogP contribution is 2.69. The Kier molecular flexibility index (Phi) is 4.84. The molecule has 0 aliphatic heterocycles. The Labute approximate surface area is 176 Å². The molecule has 0 radical (unpaired) electrons. The van der Waals surface area contributed by atoms with Crippen LogP contribution in [0.5, 0.6) is 0 Å². The zero-order chi connectivity index (χ0) is 22.1. The van der Waals surface area contributed by atoms with E-state index in [0.717, 1.165) is 5.57 Å². The number of ether oxygens (including phenoxy) is 1. The van der Waals surface area contributed by atoms with Crippen molar-refractivity contribution in [3.05, 3.63) is 11.6 Å². The van der Waals surface area contributed by atoms with Crippen molar-refractivity contribution in [2.24, 2.45) is 22.7 Å². The van der Waals surface area contributed by atoms with Crippen LogP contribution in [0.3, 0.4) is 0 Å². The molecule has 7 nitrogen and oxygen atoms in total. The van der Waals surface area contributed by atoms with Gasteiger partial charge < -0.3 is 20.1 Å². The molecule has 0 spiro atoms. The van der Waals surface area contributed by atoms with Gasteiger partial charge in [-0.25, -0.2) is 0 Å². The van der Waals surface area contributed by atoms with Crippen molar-refractivity contribution in [1.82, 2.24) is 0 Å². The molecular formula is C23H32O7. The van der Waals surface area contributed by atoms with Crippen LogP contribution >= 0.6 is 0 Å². The van der Waals surface area contributed by atoms with Gasteiger partial charge in [-0.05, 0) is 61.9 Å². The molecule has 4 aliphatic carbocycles. The normalized spacial score (nSPS) is 47.6. The molecule has 0 amide bonds. The molecule has 0 bridgehead atoms. The van der Waals surface area contributed by atoms with Crippen molar-refractivity contribution in [1.29, 1.82) is 0 Å². The molecular weight excluding hydrogens is 388 g/mol. The summed E-state index contributed by atoms with van der Waals surface area (Å²) in [4.78, 5) is 36.0. The van der Waals surface area contributed by atoms with Crippen molar-refractivity contribution in [2.45, 2.75) is 83.0 Å². The van der Waals surface area contributed by atoms with Crippen LogP contribution in [0, 0.1) is 22.7 Å². The number of aliphatic hydroxyl groups excluding tert-OH is 1. The fraction of sp³-hybridized carbons (Fsp3) is 0.783. The van der Waals surface area contributed by atoms with Crippen molar-refractivity contribution in [3.63, 3.8) is 0 Å². The second kappa shape index (κ2) is 6.71. The highest BCUT2D eigenvalue weighted by Gasteiger charge is 2.74. The molecule has 7 unspecified atom stereocenters. The fourth-order valence-corrected chi connectivity index (χ4v) is 7.38. The van der Waals surface area contributed by atoms with Crippen LogP contribution in [-0.4, -0.2) is 56.8 Å². The number of allylic oxidation sites excluding steroid dienone is 1. The monoisotopic (exact) mass is 420 g/mol. The van der Waals surface area contributed by atoms with E-state index in [0.29, 0.717) is 25.7 Å². The zero-order valence-corrected chi connectivity index (χ0v) is 17.9. The number of hydrogen-bond donors (Lipinski definition) is 3. The van der Waals surface area contributed by atoms with E-state index in [1.54, 1.807) is 13.0 Å². The van der Waals surface area contributed by atoms with Gasteiger partial charge in [-0.15, -0.1) is 0 Å². The van der Waals surface area contributed by atoms with Crippen molar-refractivity contribution in [3.8, 4) is 0 Å². The van der Waals surface area contributed by atoms with Gasteiger partial charge in [0.25, 0.3) is 0 Å². The van der Waals surface area contributed by atoms with Crippen LogP contribution < -0.4 is 0 Å².